The summed E-state index contributed by atoms with van der Waals surface area (Å²) in [5, 5.41) is 0. The molecule has 0 saturated heterocycles. The van der Waals surface area contributed by atoms with Crippen molar-refractivity contribution in [1.82, 2.24) is 0 Å². The van der Waals surface area contributed by atoms with Crippen molar-refractivity contribution in [1.29, 1.82) is 0 Å². The minimum Gasteiger partial charge on any atom is -0.468 e. The number of carbonyl (C=O) groups is 2. The average molecular weight is 172 g/mol. The van der Waals surface area contributed by atoms with Crippen LogP contribution in [0.3, 0.4) is 0 Å². The minimum atomic E-state index is -0.454. The summed E-state index contributed by atoms with van der Waals surface area (Å²) in [6.07, 6.45) is 2.05. The Bertz CT molecular complexity index is 163. The molecule has 0 spiro atoms. The molecule has 1 fully saturated rings. The molecule has 0 bridgehead atoms. The van der Waals surface area contributed by atoms with Gasteiger partial charge in [0.15, 0.2) is 0 Å². The molecule has 1 atom stereocenters. The third kappa shape index (κ3) is 2.64. The predicted octanol–water partition coefficient (Wildman–Crippen LogP) is 1.55. The Kier molecular flexibility index (Phi) is 5.34. The molecule has 1 rings (SSSR count). The molecule has 1 aliphatic rings. The van der Waals surface area contributed by atoms with Crippen LogP contribution in [0, 0.1) is 5.92 Å². The van der Waals surface area contributed by atoms with Gasteiger partial charge in [-0.15, -0.1) is 0 Å². The Labute approximate surface area is 73.1 Å². The van der Waals surface area contributed by atoms with Gasteiger partial charge in [0.1, 0.15) is 11.7 Å². The quantitative estimate of drug-likeness (QED) is 0.445. The standard InChI is InChI=1S/C7H10O3.C2H6/c1-10-7(9)5-3-2-4-6(5)8;1-2/h5H,2-4H2,1H3;1-2H3. The molecule has 3 heteroatoms. The fraction of sp³-hybridized carbons (Fsp3) is 0.778. The first kappa shape index (κ1) is 11.1. The van der Waals surface area contributed by atoms with E-state index < -0.39 is 5.92 Å². The summed E-state index contributed by atoms with van der Waals surface area (Å²) in [5.41, 5.74) is 0. The summed E-state index contributed by atoms with van der Waals surface area (Å²) in [6, 6.07) is 0. The SMILES string of the molecule is CC.COC(=O)C1CCCC1=O. The van der Waals surface area contributed by atoms with Gasteiger partial charge in [0, 0.05) is 6.42 Å². The molecule has 1 aliphatic carbocycles. The first-order valence-electron chi connectivity index (χ1n) is 4.36. The van der Waals surface area contributed by atoms with Gasteiger partial charge in [0.05, 0.1) is 7.11 Å². The summed E-state index contributed by atoms with van der Waals surface area (Å²) >= 11 is 0. The van der Waals surface area contributed by atoms with Gasteiger partial charge >= 0.3 is 5.97 Å². The Hall–Kier alpha value is -0.860. The summed E-state index contributed by atoms with van der Waals surface area (Å²) in [6.45, 7) is 4.00. The molecular formula is C9H16O3. The van der Waals surface area contributed by atoms with Crippen LogP contribution in [0.5, 0.6) is 0 Å². The molecule has 0 heterocycles. The number of rotatable bonds is 1. The molecule has 3 nitrogen and oxygen atoms in total. The van der Waals surface area contributed by atoms with Crippen molar-refractivity contribution in [2.24, 2.45) is 5.92 Å². The van der Waals surface area contributed by atoms with E-state index in [9.17, 15) is 9.59 Å². The number of carbonyl (C=O) groups excluding carboxylic acids is 2. The Balaban J connectivity index is 0.000000561. The van der Waals surface area contributed by atoms with Gasteiger partial charge in [-0.3, -0.25) is 9.59 Å². The fourth-order valence-corrected chi connectivity index (χ4v) is 1.21. The Morgan fingerprint density at radius 3 is 2.42 bits per heavy atom. The van der Waals surface area contributed by atoms with Crippen LogP contribution in [0.4, 0.5) is 0 Å². The molecule has 0 aromatic carbocycles. The molecule has 1 unspecified atom stereocenters. The van der Waals surface area contributed by atoms with E-state index in [2.05, 4.69) is 4.74 Å². The van der Waals surface area contributed by atoms with E-state index in [1.54, 1.807) is 0 Å². The normalized spacial score (nSPS) is 21.2. The number of hydrogen-bond acceptors (Lipinski definition) is 3. The maximum atomic E-state index is 10.9. The second kappa shape index (κ2) is 5.75. The molecule has 0 aromatic heterocycles. The highest BCUT2D eigenvalue weighted by Gasteiger charge is 2.31. The number of Topliss-reactive ketones (excluding diaryl/α,β-unsaturated/α-hetero) is 1. The van der Waals surface area contributed by atoms with Gasteiger partial charge in [-0.25, -0.2) is 0 Å². The molecule has 0 N–H and O–H groups in total. The Morgan fingerprint density at radius 2 is 2.08 bits per heavy atom. The van der Waals surface area contributed by atoms with Gasteiger partial charge in [0.2, 0.25) is 0 Å². The van der Waals surface area contributed by atoms with Crippen molar-refractivity contribution in [2.45, 2.75) is 33.1 Å². The molecule has 1 saturated carbocycles. The van der Waals surface area contributed by atoms with Gasteiger partial charge in [-0.05, 0) is 12.8 Å². The molecule has 0 radical (unpaired) electrons. The lowest BCUT2D eigenvalue weighted by Crippen LogP contribution is -2.19. The smallest absolute Gasteiger partial charge is 0.316 e. The third-order valence-corrected chi connectivity index (χ3v) is 1.79. The van der Waals surface area contributed by atoms with Crippen molar-refractivity contribution in [3.63, 3.8) is 0 Å². The van der Waals surface area contributed by atoms with Crippen LogP contribution >= 0.6 is 0 Å². The lowest BCUT2D eigenvalue weighted by Gasteiger charge is -2.02. The van der Waals surface area contributed by atoms with Crippen molar-refractivity contribution in [2.75, 3.05) is 7.11 Å². The molecule has 0 aromatic rings. The highest BCUT2D eigenvalue weighted by molar-refractivity contribution is 6.00. The molecule has 70 valence electrons. The lowest BCUT2D eigenvalue weighted by atomic mass is 10.1. The molecule has 0 amide bonds. The van der Waals surface area contributed by atoms with Crippen LogP contribution < -0.4 is 0 Å². The van der Waals surface area contributed by atoms with Crippen LogP contribution in [0.2, 0.25) is 0 Å². The zero-order valence-electron chi connectivity index (χ0n) is 7.92. The maximum absolute atomic E-state index is 10.9. The summed E-state index contributed by atoms with van der Waals surface area (Å²) < 4.78 is 4.44. The Morgan fingerprint density at radius 1 is 1.50 bits per heavy atom. The van der Waals surface area contributed by atoms with Gasteiger partial charge in [-0.1, -0.05) is 13.8 Å². The first-order chi connectivity index (χ1) is 5.75. The predicted molar refractivity (Wildman–Crippen MR) is 45.7 cm³/mol. The minimum absolute atomic E-state index is 0.0341. The van der Waals surface area contributed by atoms with Crippen LogP contribution in [-0.4, -0.2) is 18.9 Å². The number of esters is 1. The number of ether oxygens (including phenoxy) is 1. The third-order valence-electron chi connectivity index (χ3n) is 1.79. The van der Waals surface area contributed by atoms with Crippen molar-refractivity contribution >= 4 is 11.8 Å². The highest BCUT2D eigenvalue weighted by Crippen LogP contribution is 2.21. The second-order valence-electron chi connectivity index (χ2n) is 2.43. The summed E-state index contributed by atoms with van der Waals surface area (Å²) in [7, 11) is 1.31. The topological polar surface area (TPSA) is 43.4 Å². The molecule has 0 aliphatic heterocycles. The largest absolute Gasteiger partial charge is 0.468 e. The van der Waals surface area contributed by atoms with E-state index in [4.69, 9.17) is 0 Å². The van der Waals surface area contributed by atoms with Crippen LogP contribution in [0.1, 0.15) is 33.1 Å². The lowest BCUT2D eigenvalue weighted by molar-refractivity contribution is -0.148. The van der Waals surface area contributed by atoms with E-state index in [-0.39, 0.29) is 11.8 Å². The van der Waals surface area contributed by atoms with Gasteiger partial charge in [0.25, 0.3) is 0 Å². The van der Waals surface area contributed by atoms with Crippen LogP contribution in [-0.2, 0) is 14.3 Å². The van der Waals surface area contributed by atoms with Crippen LogP contribution in [0.15, 0.2) is 0 Å². The second-order valence-corrected chi connectivity index (χ2v) is 2.43. The zero-order valence-corrected chi connectivity index (χ0v) is 7.92. The molecular weight excluding hydrogens is 156 g/mol. The van der Waals surface area contributed by atoms with E-state index in [0.29, 0.717) is 12.8 Å². The van der Waals surface area contributed by atoms with Crippen molar-refractivity contribution < 1.29 is 14.3 Å². The van der Waals surface area contributed by atoms with E-state index in [0.717, 1.165) is 6.42 Å². The number of hydrogen-bond donors (Lipinski definition) is 0. The summed E-state index contributed by atoms with van der Waals surface area (Å²) in [5.74, 6) is -0.792. The van der Waals surface area contributed by atoms with Crippen molar-refractivity contribution in [3.8, 4) is 0 Å². The summed E-state index contributed by atoms with van der Waals surface area (Å²) in [4.78, 5) is 21.7. The number of methoxy groups -OCH3 is 1. The van der Waals surface area contributed by atoms with E-state index in [1.165, 1.54) is 7.11 Å². The maximum Gasteiger partial charge on any atom is 0.316 e. The average Bonchev–Trinajstić information content (AvgIpc) is 2.54. The van der Waals surface area contributed by atoms with E-state index >= 15 is 0 Å². The highest BCUT2D eigenvalue weighted by atomic mass is 16.5. The van der Waals surface area contributed by atoms with E-state index in [1.807, 2.05) is 13.8 Å². The fourth-order valence-electron chi connectivity index (χ4n) is 1.21. The van der Waals surface area contributed by atoms with Gasteiger partial charge in [-0.2, -0.15) is 0 Å². The van der Waals surface area contributed by atoms with Crippen molar-refractivity contribution in [3.05, 3.63) is 0 Å². The monoisotopic (exact) mass is 172 g/mol. The zero-order chi connectivity index (χ0) is 9.56. The van der Waals surface area contributed by atoms with Crippen LogP contribution in [0.25, 0.3) is 0 Å². The first-order valence-corrected chi connectivity index (χ1v) is 4.36. The van der Waals surface area contributed by atoms with Gasteiger partial charge < -0.3 is 4.74 Å². The molecule has 12 heavy (non-hydrogen) atoms. The number of ketones is 1.